The molecule has 0 heterocycles. The molecule has 13 heteroatoms. The van der Waals surface area contributed by atoms with E-state index in [1.807, 2.05) is 0 Å². The molecule has 11 nitrogen and oxygen atoms in total. The zero-order valence-electron chi connectivity index (χ0n) is 10.9. The van der Waals surface area contributed by atoms with Crippen molar-refractivity contribution >= 4 is 61.6 Å². The summed E-state index contributed by atoms with van der Waals surface area (Å²) in [5.74, 6) is -6.06. The summed E-state index contributed by atoms with van der Waals surface area (Å²) in [7, 11) is 0. The van der Waals surface area contributed by atoms with Crippen molar-refractivity contribution in [2.75, 3.05) is 0 Å². The Bertz CT molecular complexity index is 372. The van der Waals surface area contributed by atoms with Gasteiger partial charge in [0.15, 0.2) is 0 Å². The average Bonchev–Trinajstić information content (AvgIpc) is 2.10. The van der Waals surface area contributed by atoms with Crippen LogP contribution < -0.4 is 11.5 Å². The van der Waals surface area contributed by atoms with Gasteiger partial charge in [0, 0.05) is 0 Å². The van der Waals surface area contributed by atoms with E-state index in [0.29, 0.717) is 0 Å². The third-order valence-corrected chi connectivity index (χ3v) is 2.86. The summed E-state index contributed by atoms with van der Waals surface area (Å²) in [4.78, 5) is 43.2. The molecule has 0 fully saturated rings. The molecule has 10 N–H and O–H groups in total. The first kappa shape index (κ1) is 29.9. The molecule has 0 radical (unpaired) electrons. The van der Waals surface area contributed by atoms with Gasteiger partial charge in [0.05, 0.1) is 36.8 Å². The number of nitrogens with two attached hydrogens (primary N) is 2. The third-order valence-electron chi connectivity index (χ3n) is 2.86. The third kappa shape index (κ3) is 9.63. The van der Waals surface area contributed by atoms with Gasteiger partial charge in [-0.05, 0) is 0 Å². The molecule has 0 aromatic rings. The van der Waals surface area contributed by atoms with E-state index in [1.54, 1.807) is 0 Å². The van der Waals surface area contributed by atoms with Crippen LogP contribution in [0, 0.1) is 0 Å². The first-order chi connectivity index (χ1) is 8.92. The van der Waals surface area contributed by atoms with Crippen LogP contribution in [0.25, 0.3) is 0 Å². The van der Waals surface area contributed by atoms with Gasteiger partial charge in [-0.3, -0.25) is 19.2 Å². The van der Waals surface area contributed by atoms with Crippen molar-refractivity contribution in [3.05, 3.63) is 0 Å². The van der Waals surface area contributed by atoms with Crippen LogP contribution in [0.5, 0.6) is 0 Å². The zero-order valence-corrected chi connectivity index (χ0v) is 10.9. The number of hydrogen-bond acceptors (Lipinski definition) is 6. The van der Waals surface area contributed by atoms with E-state index < -0.39 is 60.6 Å². The molecule has 0 bridgehead atoms. The number of carboxylic acid groups (broad SMARTS) is 4. The van der Waals surface area contributed by atoms with E-state index in [4.69, 9.17) is 31.9 Å². The second-order valence-electron chi connectivity index (χ2n) is 4.59. The summed E-state index contributed by atoms with van der Waals surface area (Å²) >= 11 is 0. The SMILES string of the molecule is NC(CC(=O)O)(CC(=O)O)C(N)(CC(=O)O)CC(=O)O.O.[LiH].[LiH]. The number of hydrogen-bond donors (Lipinski definition) is 6. The fraction of sp³-hybridized carbons (Fsp3) is 0.600. The van der Waals surface area contributed by atoms with Gasteiger partial charge in [0.25, 0.3) is 0 Å². The van der Waals surface area contributed by atoms with Crippen LogP contribution >= 0.6 is 0 Å². The molecule has 0 amide bonds. The molecular formula is C10H20Li2N2O9. The van der Waals surface area contributed by atoms with Gasteiger partial charge >= 0.3 is 61.6 Å². The molecule has 0 spiro atoms. The molecule has 0 aliphatic rings. The standard InChI is InChI=1S/C10H16N2O8.2Li.H2O.2H/c11-9(1-5(13)14,2-6(15)16)10(12,3-7(17)18)4-8(19)20;;;;;/h1-4,11-12H2,(H,13,14)(H,15,16)(H,17,18)(H,19,20);;;1H2;;. The van der Waals surface area contributed by atoms with Crippen molar-refractivity contribution in [3.63, 3.8) is 0 Å². The van der Waals surface area contributed by atoms with Crippen LogP contribution in [-0.4, -0.2) is 98.6 Å². The molecule has 0 aliphatic heterocycles. The van der Waals surface area contributed by atoms with Gasteiger partial charge < -0.3 is 37.4 Å². The monoisotopic (exact) mass is 326 g/mol. The van der Waals surface area contributed by atoms with E-state index in [0.717, 1.165) is 0 Å². The van der Waals surface area contributed by atoms with E-state index in [-0.39, 0.29) is 43.2 Å². The summed E-state index contributed by atoms with van der Waals surface area (Å²) in [6, 6.07) is 0. The van der Waals surface area contributed by atoms with Crippen molar-refractivity contribution in [1.29, 1.82) is 0 Å². The van der Waals surface area contributed by atoms with Gasteiger partial charge in [0.2, 0.25) is 0 Å². The average molecular weight is 326 g/mol. The van der Waals surface area contributed by atoms with Crippen molar-refractivity contribution < 1.29 is 45.1 Å². The normalized spacial score (nSPS) is 10.3. The fourth-order valence-electron chi connectivity index (χ4n) is 1.91. The van der Waals surface area contributed by atoms with E-state index >= 15 is 0 Å². The Kier molecular flexibility index (Phi) is 14.9. The maximum absolute atomic E-state index is 10.8. The maximum atomic E-state index is 10.8. The second kappa shape index (κ2) is 11.5. The molecule has 0 aromatic carbocycles. The minimum atomic E-state index is -2.22. The van der Waals surface area contributed by atoms with Crippen LogP contribution in [0.15, 0.2) is 0 Å². The van der Waals surface area contributed by atoms with Gasteiger partial charge in [0.1, 0.15) is 0 Å². The molecule has 0 aromatic heterocycles. The second-order valence-corrected chi connectivity index (χ2v) is 4.59. The van der Waals surface area contributed by atoms with Crippen LogP contribution in [0.1, 0.15) is 25.7 Å². The summed E-state index contributed by atoms with van der Waals surface area (Å²) in [5, 5.41) is 35.1. The van der Waals surface area contributed by atoms with E-state index in [2.05, 4.69) is 0 Å². The first-order valence-electron chi connectivity index (χ1n) is 5.37. The van der Waals surface area contributed by atoms with Gasteiger partial charge in [-0.15, -0.1) is 0 Å². The number of carboxylic acids is 4. The Morgan fingerprint density at radius 2 is 0.739 bits per heavy atom. The molecule has 0 aliphatic carbocycles. The summed E-state index contributed by atoms with van der Waals surface area (Å²) in [6.45, 7) is 0. The van der Waals surface area contributed by atoms with Crippen LogP contribution in [0.4, 0.5) is 0 Å². The van der Waals surface area contributed by atoms with Crippen molar-refractivity contribution in [1.82, 2.24) is 0 Å². The van der Waals surface area contributed by atoms with Crippen molar-refractivity contribution in [2.24, 2.45) is 11.5 Å². The molecular weight excluding hydrogens is 306 g/mol. The molecule has 0 saturated carbocycles. The molecule has 23 heavy (non-hydrogen) atoms. The summed E-state index contributed by atoms with van der Waals surface area (Å²) in [6.07, 6.45) is -3.90. The Morgan fingerprint density at radius 1 is 0.609 bits per heavy atom. The summed E-state index contributed by atoms with van der Waals surface area (Å²) in [5.41, 5.74) is 6.88. The minimum absolute atomic E-state index is 0. The quantitative estimate of drug-likeness (QED) is 0.226. The summed E-state index contributed by atoms with van der Waals surface area (Å²) < 4.78 is 0. The first-order valence-corrected chi connectivity index (χ1v) is 5.37. The van der Waals surface area contributed by atoms with Crippen LogP contribution in [-0.2, 0) is 19.2 Å². The molecule has 0 unspecified atom stereocenters. The van der Waals surface area contributed by atoms with Crippen molar-refractivity contribution in [2.45, 2.75) is 36.8 Å². The van der Waals surface area contributed by atoms with Gasteiger partial charge in [-0.1, -0.05) is 0 Å². The fourth-order valence-corrected chi connectivity index (χ4v) is 1.91. The van der Waals surface area contributed by atoms with Gasteiger partial charge in [-0.2, -0.15) is 0 Å². The van der Waals surface area contributed by atoms with E-state index in [1.165, 1.54) is 0 Å². The van der Waals surface area contributed by atoms with E-state index in [9.17, 15) is 19.2 Å². The topological polar surface area (TPSA) is 233 Å². The Hall–Kier alpha value is -1.05. The molecule has 0 rings (SSSR count). The van der Waals surface area contributed by atoms with Crippen LogP contribution in [0.3, 0.4) is 0 Å². The number of carbonyl (C=O) groups is 4. The zero-order chi connectivity index (χ0) is 16.1. The van der Waals surface area contributed by atoms with Crippen LogP contribution in [0.2, 0.25) is 0 Å². The molecule has 126 valence electrons. The Balaban J connectivity index is -0.000000602. The number of rotatable bonds is 9. The Morgan fingerprint density at radius 3 is 0.826 bits per heavy atom. The van der Waals surface area contributed by atoms with Gasteiger partial charge in [-0.25, -0.2) is 0 Å². The number of aliphatic carboxylic acids is 4. The Labute approximate surface area is 155 Å². The predicted octanol–water partition coefficient (Wildman–Crippen LogP) is -3.84. The predicted molar refractivity (Wildman–Crippen MR) is 80.8 cm³/mol. The molecule has 0 saturated heterocycles. The van der Waals surface area contributed by atoms with Crippen molar-refractivity contribution in [3.8, 4) is 0 Å². The molecule has 0 atom stereocenters.